The summed E-state index contributed by atoms with van der Waals surface area (Å²) in [5.41, 5.74) is 2.56. The fraction of sp³-hybridized carbons (Fsp3) is 0.379. The molecular formula is C29H30F2N6O2. The quantitative estimate of drug-likeness (QED) is 0.364. The van der Waals surface area contributed by atoms with Crippen LogP contribution in [0.2, 0.25) is 0 Å². The number of halogens is 2. The third-order valence-electron chi connectivity index (χ3n) is 7.69. The molecule has 39 heavy (non-hydrogen) atoms. The van der Waals surface area contributed by atoms with Crippen molar-refractivity contribution < 1.29 is 13.5 Å². The maximum atomic E-state index is 14.6. The summed E-state index contributed by atoms with van der Waals surface area (Å²) in [6.45, 7) is 6.68. The molecule has 10 heteroatoms. The van der Waals surface area contributed by atoms with Crippen LogP contribution in [0, 0.1) is 18.6 Å². The summed E-state index contributed by atoms with van der Waals surface area (Å²) in [5.74, 6) is -1.50. The van der Waals surface area contributed by atoms with Crippen LogP contribution in [-0.4, -0.2) is 50.2 Å². The highest BCUT2D eigenvalue weighted by Crippen LogP contribution is 2.35. The summed E-state index contributed by atoms with van der Waals surface area (Å²) in [6.07, 6.45) is 10.6. The molecule has 0 N–H and O–H groups in total. The van der Waals surface area contributed by atoms with Gasteiger partial charge in [-0.05, 0) is 50.5 Å². The number of aromatic nitrogens is 4. The molecule has 1 aromatic carbocycles. The van der Waals surface area contributed by atoms with E-state index in [0.717, 1.165) is 49.1 Å². The van der Waals surface area contributed by atoms with Gasteiger partial charge in [0.15, 0.2) is 17.0 Å². The van der Waals surface area contributed by atoms with E-state index in [-0.39, 0.29) is 35.3 Å². The molecule has 0 spiro atoms. The van der Waals surface area contributed by atoms with Gasteiger partial charge in [-0.3, -0.25) is 19.7 Å². The van der Waals surface area contributed by atoms with Crippen LogP contribution in [0.25, 0.3) is 10.9 Å². The summed E-state index contributed by atoms with van der Waals surface area (Å²) in [4.78, 5) is 31.3. The molecule has 0 saturated carbocycles. The number of nitrogens with zero attached hydrogens (tertiary/aromatic N) is 6. The second-order valence-corrected chi connectivity index (χ2v) is 10.5. The lowest BCUT2D eigenvalue weighted by atomic mass is 10.0. The van der Waals surface area contributed by atoms with Gasteiger partial charge in [0, 0.05) is 68.3 Å². The van der Waals surface area contributed by atoms with Crippen molar-refractivity contribution in [3.63, 3.8) is 0 Å². The molecule has 202 valence electrons. The number of piperidine rings is 1. The lowest BCUT2D eigenvalue weighted by Gasteiger charge is -2.40. The van der Waals surface area contributed by atoms with Gasteiger partial charge in [-0.25, -0.2) is 9.37 Å². The average molecular weight is 533 g/mol. The molecule has 1 fully saturated rings. The molecule has 4 aromatic rings. The largest absolute Gasteiger partial charge is 0.486 e. The molecule has 0 bridgehead atoms. The molecule has 5 heterocycles. The first-order chi connectivity index (χ1) is 18.9. The van der Waals surface area contributed by atoms with Crippen molar-refractivity contribution in [2.45, 2.75) is 51.9 Å². The van der Waals surface area contributed by atoms with Gasteiger partial charge in [0.2, 0.25) is 5.82 Å². The van der Waals surface area contributed by atoms with E-state index in [1.54, 1.807) is 31.0 Å². The fourth-order valence-corrected chi connectivity index (χ4v) is 5.75. The van der Waals surface area contributed by atoms with Gasteiger partial charge in [-0.1, -0.05) is 0 Å². The van der Waals surface area contributed by atoms with Crippen LogP contribution in [0.4, 0.5) is 14.6 Å². The second-order valence-electron chi connectivity index (χ2n) is 10.5. The molecule has 1 saturated heterocycles. The Morgan fingerprint density at radius 3 is 2.82 bits per heavy atom. The van der Waals surface area contributed by atoms with Crippen LogP contribution >= 0.6 is 0 Å². The predicted octanol–water partition coefficient (Wildman–Crippen LogP) is 4.40. The Hall–Kier alpha value is -3.92. The molecule has 2 aliphatic rings. The summed E-state index contributed by atoms with van der Waals surface area (Å²) in [6, 6.07) is 5.04. The summed E-state index contributed by atoms with van der Waals surface area (Å²) in [7, 11) is 0. The topological polar surface area (TPSA) is 76.4 Å². The van der Waals surface area contributed by atoms with Crippen molar-refractivity contribution in [3.8, 4) is 5.75 Å². The zero-order chi connectivity index (χ0) is 27.1. The number of benzene rings is 1. The second kappa shape index (κ2) is 10.3. The third-order valence-corrected chi connectivity index (χ3v) is 7.69. The Morgan fingerprint density at radius 1 is 1.15 bits per heavy atom. The first-order valence-electron chi connectivity index (χ1n) is 13.2. The minimum atomic E-state index is -1.08. The Morgan fingerprint density at radius 2 is 2.03 bits per heavy atom. The molecule has 0 amide bonds. The van der Waals surface area contributed by atoms with Crippen molar-refractivity contribution in [1.82, 2.24) is 24.4 Å². The smallest absolute Gasteiger partial charge is 0.202 e. The van der Waals surface area contributed by atoms with Gasteiger partial charge >= 0.3 is 0 Å². The number of rotatable bonds is 6. The Labute approximate surface area is 224 Å². The third kappa shape index (κ3) is 4.85. The maximum Gasteiger partial charge on any atom is 0.202 e. The van der Waals surface area contributed by atoms with Gasteiger partial charge in [0.25, 0.3) is 0 Å². The van der Waals surface area contributed by atoms with E-state index in [4.69, 9.17) is 4.74 Å². The highest BCUT2D eigenvalue weighted by Gasteiger charge is 2.30. The van der Waals surface area contributed by atoms with Gasteiger partial charge in [-0.2, -0.15) is 4.39 Å². The maximum absolute atomic E-state index is 14.6. The van der Waals surface area contributed by atoms with E-state index in [1.165, 1.54) is 0 Å². The van der Waals surface area contributed by atoms with Gasteiger partial charge in [0.05, 0.1) is 23.1 Å². The van der Waals surface area contributed by atoms with Crippen molar-refractivity contribution >= 4 is 16.7 Å². The van der Waals surface area contributed by atoms with Crippen molar-refractivity contribution in [2.75, 3.05) is 24.6 Å². The molecule has 6 rings (SSSR count). The van der Waals surface area contributed by atoms with Crippen molar-refractivity contribution in [2.24, 2.45) is 0 Å². The molecule has 0 aliphatic carbocycles. The van der Waals surface area contributed by atoms with Crippen molar-refractivity contribution in [1.29, 1.82) is 0 Å². The predicted molar refractivity (Wildman–Crippen MR) is 144 cm³/mol. The minimum Gasteiger partial charge on any atom is -0.486 e. The van der Waals surface area contributed by atoms with Crippen LogP contribution in [-0.2, 0) is 13.1 Å². The first-order valence-corrected chi connectivity index (χ1v) is 13.2. The van der Waals surface area contributed by atoms with E-state index in [1.807, 2.05) is 24.5 Å². The van der Waals surface area contributed by atoms with E-state index >= 15 is 0 Å². The zero-order valence-corrected chi connectivity index (χ0v) is 22.0. The van der Waals surface area contributed by atoms with E-state index in [2.05, 4.69) is 30.8 Å². The Bertz CT molecular complexity index is 1580. The van der Waals surface area contributed by atoms with E-state index < -0.39 is 11.6 Å². The molecule has 2 atom stereocenters. The van der Waals surface area contributed by atoms with Crippen molar-refractivity contribution in [3.05, 3.63) is 87.9 Å². The first kappa shape index (κ1) is 25.4. The molecule has 2 unspecified atom stereocenters. The minimum absolute atomic E-state index is 0.131. The van der Waals surface area contributed by atoms with E-state index in [0.29, 0.717) is 24.2 Å². The number of hydrogen-bond donors (Lipinski definition) is 0. The van der Waals surface area contributed by atoms with Gasteiger partial charge in [0.1, 0.15) is 12.4 Å². The zero-order valence-electron chi connectivity index (χ0n) is 22.0. The number of aryl methyl sites for hydroxylation is 1. The molecule has 3 aromatic heterocycles. The van der Waals surface area contributed by atoms with Gasteiger partial charge < -0.3 is 14.2 Å². The Kier molecular flexibility index (Phi) is 6.72. The SMILES string of the molecule is Cc1cc(CN(Cc2cn3c4c(c(F)c(F)cc4c2=O)OCC3C)C2CCCN(c3cnccn3)C2)ccn1. The highest BCUT2D eigenvalue weighted by atomic mass is 19.2. The van der Waals surface area contributed by atoms with Gasteiger partial charge in [-0.15, -0.1) is 0 Å². The van der Waals surface area contributed by atoms with Crippen LogP contribution in [0.5, 0.6) is 5.75 Å². The summed E-state index contributed by atoms with van der Waals surface area (Å²) in [5, 5.41) is 0.137. The Balaban J connectivity index is 1.40. The summed E-state index contributed by atoms with van der Waals surface area (Å²) < 4.78 is 36.5. The molecule has 2 aliphatic heterocycles. The van der Waals surface area contributed by atoms with E-state index in [9.17, 15) is 13.6 Å². The molecule has 8 nitrogen and oxygen atoms in total. The normalized spacial score (nSPS) is 18.9. The molecular weight excluding hydrogens is 502 g/mol. The standard InChI is InChI=1S/C29H30F2N6O2/c1-18-10-20(5-6-33-18)13-36(22-4-3-9-35(16-22)25-12-32-7-8-34-25)14-21-15-37-19(2)17-39-29-26(31)24(30)11-23(27(29)37)28(21)38/h5-8,10-12,15,19,22H,3-4,9,13-14,16-17H2,1-2H3. The number of pyridine rings is 2. The van der Waals surface area contributed by atoms with Crippen LogP contribution < -0.4 is 15.1 Å². The monoisotopic (exact) mass is 532 g/mol. The number of anilines is 1. The highest BCUT2D eigenvalue weighted by molar-refractivity contribution is 5.86. The summed E-state index contributed by atoms with van der Waals surface area (Å²) >= 11 is 0. The lowest BCUT2D eigenvalue weighted by Crippen LogP contribution is -2.48. The average Bonchev–Trinajstić information content (AvgIpc) is 2.95. The van der Waals surface area contributed by atoms with Crippen LogP contribution in [0.15, 0.2) is 54.0 Å². The fourth-order valence-electron chi connectivity index (χ4n) is 5.75. The van der Waals surface area contributed by atoms with Crippen LogP contribution in [0.3, 0.4) is 0 Å². The molecule has 0 radical (unpaired) electrons. The lowest BCUT2D eigenvalue weighted by molar-refractivity contribution is 0.157. The number of hydrogen-bond acceptors (Lipinski definition) is 7. The number of ether oxygens (including phenoxy) is 1. The van der Waals surface area contributed by atoms with Crippen LogP contribution in [0.1, 0.15) is 42.6 Å².